The molecule has 0 aliphatic heterocycles. The third-order valence-corrected chi connectivity index (χ3v) is 2.17. The van der Waals surface area contributed by atoms with Crippen LogP contribution >= 0.6 is 0 Å². The predicted octanol–water partition coefficient (Wildman–Crippen LogP) is 2.02. The molecule has 0 bridgehead atoms. The first kappa shape index (κ1) is 14.2. The molecule has 2 N–H and O–H groups in total. The fourth-order valence-corrected chi connectivity index (χ4v) is 1.46. The molecule has 1 rings (SSSR count). The monoisotopic (exact) mass is 254 g/mol. The van der Waals surface area contributed by atoms with Crippen LogP contribution in [-0.2, 0) is 0 Å². The number of aromatic nitrogens is 1. The highest BCUT2D eigenvalue weighted by molar-refractivity contribution is 6.03. The molecule has 0 aromatic carbocycles. The summed E-state index contributed by atoms with van der Waals surface area (Å²) in [4.78, 5) is 23.1. The third kappa shape index (κ3) is 3.09. The number of hydrogen-bond donors (Lipinski definition) is 2. The Kier molecular flexibility index (Phi) is 3.79. The van der Waals surface area contributed by atoms with E-state index in [2.05, 4.69) is 10.5 Å². The molecule has 18 heavy (non-hydrogen) atoms. The lowest BCUT2D eigenvalue weighted by molar-refractivity contribution is 0.0684. The van der Waals surface area contributed by atoms with Crippen molar-refractivity contribution in [3.63, 3.8) is 0 Å². The van der Waals surface area contributed by atoms with Crippen LogP contribution in [-0.4, -0.2) is 27.7 Å². The van der Waals surface area contributed by atoms with Crippen molar-refractivity contribution in [2.24, 2.45) is 0 Å². The fraction of sp³-hybridized carbons (Fsp3) is 0.583. The highest BCUT2D eigenvalue weighted by Crippen LogP contribution is 2.22. The van der Waals surface area contributed by atoms with Gasteiger partial charge in [0, 0.05) is 5.54 Å². The average molecular weight is 254 g/mol. The minimum Gasteiger partial charge on any atom is -0.477 e. The maximum absolute atomic E-state index is 11.9. The van der Waals surface area contributed by atoms with Crippen LogP contribution in [0.5, 0.6) is 0 Å². The lowest BCUT2D eigenvalue weighted by Crippen LogP contribution is -2.41. The number of hydrogen-bond acceptors (Lipinski definition) is 4. The van der Waals surface area contributed by atoms with Gasteiger partial charge in [0.05, 0.1) is 0 Å². The molecule has 0 atom stereocenters. The Balaban J connectivity index is 3.18. The Labute approximate surface area is 105 Å². The number of carboxylic acids is 1. The highest BCUT2D eigenvalue weighted by Gasteiger charge is 2.30. The molecule has 1 heterocycles. The van der Waals surface area contributed by atoms with Crippen molar-refractivity contribution in [3.8, 4) is 0 Å². The molecular weight excluding hydrogens is 236 g/mol. The Morgan fingerprint density at radius 3 is 2.28 bits per heavy atom. The molecule has 0 aliphatic rings. The SMILES string of the molecule is CC(C)c1noc(C(=O)NC(C)(C)C)c1C(=O)O. The van der Waals surface area contributed by atoms with Crippen molar-refractivity contribution >= 4 is 11.9 Å². The molecule has 1 aromatic heterocycles. The zero-order valence-electron chi connectivity index (χ0n) is 11.2. The first-order valence-corrected chi connectivity index (χ1v) is 5.69. The van der Waals surface area contributed by atoms with Crippen LogP contribution < -0.4 is 5.32 Å². The van der Waals surface area contributed by atoms with Crippen LogP contribution in [0, 0.1) is 0 Å². The number of nitrogens with one attached hydrogen (secondary N) is 1. The van der Waals surface area contributed by atoms with Crippen LogP contribution in [0.1, 0.15) is 67.1 Å². The van der Waals surface area contributed by atoms with Gasteiger partial charge in [-0.05, 0) is 26.7 Å². The first-order valence-electron chi connectivity index (χ1n) is 5.69. The van der Waals surface area contributed by atoms with E-state index in [1.807, 2.05) is 0 Å². The minimum absolute atomic E-state index is 0.129. The van der Waals surface area contributed by atoms with Crippen molar-refractivity contribution in [2.75, 3.05) is 0 Å². The summed E-state index contributed by atoms with van der Waals surface area (Å²) < 4.78 is 4.88. The van der Waals surface area contributed by atoms with Crippen LogP contribution in [0.3, 0.4) is 0 Å². The largest absolute Gasteiger partial charge is 0.477 e. The molecule has 1 amide bonds. The van der Waals surface area contributed by atoms with E-state index in [1.165, 1.54) is 0 Å². The number of carbonyl (C=O) groups excluding carboxylic acids is 1. The molecule has 0 saturated heterocycles. The molecule has 0 spiro atoms. The Morgan fingerprint density at radius 1 is 1.33 bits per heavy atom. The van der Waals surface area contributed by atoms with Gasteiger partial charge in [0.1, 0.15) is 11.3 Å². The second-order valence-corrected chi connectivity index (χ2v) is 5.44. The van der Waals surface area contributed by atoms with Gasteiger partial charge in [-0.3, -0.25) is 4.79 Å². The third-order valence-electron chi connectivity index (χ3n) is 2.17. The predicted molar refractivity (Wildman–Crippen MR) is 64.8 cm³/mol. The lowest BCUT2D eigenvalue weighted by Gasteiger charge is -2.19. The van der Waals surface area contributed by atoms with E-state index >= 15 is 0 Å². The molecule has 0 fully saturated rings. The maximum atomic E-state index is 11.9. The van der Waals surface area contributed by atoms with Crippen LogP contribution in [0.15, 0.2) is 4.52 Å². The Hall–Kier alpha value is -1.85. The summed E-state index contributed by atoms with van der Waals surface area (Å²) in [6.45, 7) is 8.96. The van der Waals surface area contributed by atoms with Gasteiger partial charge in [-0.1, -0.05) is 19.0 Å². The van der Waals surface area contributed by atoms with Gasteiger partial charge in [-0.2, -0.15) is 0 Å². The zero-order chi connectivity index (χ0) is 14.1. The summed E-state index contributed by atoms with van der Waals surface area (Å²) >= 11 is 0. The van der Waals surface area contributed by atoms with E-state index < -0.39 is 17.4 Å². The second kappa shape index (κ2) is 4.80. The average Bonchev–Trinajstić information content (AvgIpc) is 2.58. The van der Waals surface area contributed by atoms with Crippen molar-refractivity contribution in [1.82, 2.24) is 10.5 Å². The van der Waals surface area contributed by atoms with Crippen LogP contribution in [0.2, 0.25) is 0 Å². The number of aromatic carboxylic acids is 1. The Morgan fingerprint density at radius 2 is 1.89 bits per heavy atom. The molecule has 0 radical (unpaired) electrons. The summed E-state index contributed by atoms with van der Waals surface area (Å²) in [7, 11) is 0. The number of rotatable bonds is 3. The summed E-state index contributed by atoms with van der Waals surface area (Å²) in [5.41, 5.74) is -0.356. The lowest BCUT2D eigenvalue weighted by atomic mass is 10.0. The summed E-state index contributed by atoms with van der Waals surface area (Å²) in [6, 6.07) is 0. The molecule has 0 saturated carbocycles. The number of carboxylic acid groups (broad SMARTS) is 1. The van der Waals surface area contributed by atoms with Crippen molar-refractivity contribution in [1.29, 1.82) is 0 Å². The highest BCUT2D eigenvalue weighted by atomic mass is 16.5. The quantitative estimate of drug-likeness (QED) is 0.860. The zero-order valence-corrected chi connectivity index (χ0v) is 11.2. The van der Waals surface area contributed by atoms with Crippen molar-refractivity contribution < 1.29 is 19.2 Å². The molecule has 0 unspecified atom stereocenters. The molecule has 6 heteroatoms. The van der Waals surface area contributed by atoms with Gasteiger partial charge >= 0.3 is 5.97 Å². The van der Waals surface area contributed by atoms with Gasteiger partial charge in [0.25, 0.3) is 5.91 Å². The van der Waals surface area contributed by atoms with Crippen LogP contribution in [0.4, 0.5) is 0 Å². The van der Waals surface area contributed by atoms with E-state index in [0.29, 0.717) is 0 Å². The summed E-state index contributed by atoms with van der Waals surface area (Å²) in [5.74, 6) is -2.16. The molecule has 100 valence electrons. The summed E-state index contributed by atoms with van der Waals surface area (Å²) in [6.07, 6.45) is 0. The molecule has 0 aliphatic carbocycles. The van der Waals surface area contributed by atoms with E-state index in [1.54, 1.807) is 34.6 Å². The van der Waals surface area contributed by atoms with Crippen molar-refractivity contribution in [3.05, 3.63) is 17.0 Å². The first-order chi connectivity index (χ1) is 8.13. The van der Waals surface area contributed by atoms with Crippen LogP contribution in [0.25, 0.3) is 0 Å². The van der Waals surface area contributed by atoms with Gasteiger partial charge in [-0.25, -0.2) is 4.79 Å². The van der Waals surface area contributed by atoms with E-state index in [4.69, 9.17) is 9.63 Å². The minimum atomic E-state index is -1.21. The van der Waals surface area contributed by atoms with Gasteiger partial charge in [-0.15, -0.1) is 0 Å². The smallest absolute Gasteiger partial charge is 0.341 e. The normalized spacial score (nSPS) is 11.7. The number of carbonyl (C=O) groups is 2. The standard InChI is InChI=1S/C12H18N2O4/c1-6(2)8-7(11(16)17)9(18-14-8)10(15)13-12(3,4)5/h6H,1-5H3,(H,13,15)(H,16,17). The number of amides is 1. The van der Waals surface area contributed by atoms with E-state index in [-0.39, 0.29) is 22.9 Å². The van der Waals surface area contributed by atoms with Gasteiger partial charge < -0.3 is 14.9 Å². The van der Waals surface area contributed by atoms with E-state index in [0.717, 1.165) is 0 Å². The Bertz CT molecular complexity index is 469. The maximum Gasteiger partial charge on any atom is 0.341 e. The number of nitrogens with zero attached hydrogens (tertiary/aromatic N) is 1. The van der Waals surface area contributed by atoms with Crippen molar-refractivity contribution in [2.45, 2.75) is 46.1 Å². The molecular formula is C12H18N2O4. The van der Waals surface area contributed by atoms with Gasteiger partial charge in [0.2, 0.25) is 5.76 Å². The van der Waals surface area contributed by atoms with Gasteiger partial charge in [0.15, 0.2) is 0 Å². The second-order valence-electron chi connectivity index (χ2n) is 5.44. The fourth-order valence-electron chi connectivity index (χ4n) is 1.46. The van der Waals surface area contributed by atoms with E-state index in [9.17, 15) is 9.59 Å². The molecule has 6 nitrogen and oxygen atoms in total. The topological polar surface area (TPSA) is 92.4 Å². The summed E-state index contributed by atoms with van der Waals surface area (Å²) in [5, 5.41) is 15.5. The molecule has 1 aromatic rings.